The predicted molar refractivity (Wildman–Crippen MR) is 147 cm³/mol. The fourth-order valence-corrected chi connectivity index (χ4v) is 9.53. The minimum Gasteiger partial charge on any atom is -0.465 e. The topological polar surface area (TPSA) is 119 Å². The molecule has 0 unspecified atom stereocenters. The lowest BCUT2D eigenvalue weighted by Gasteiger charge is -2.21. The number of benzene rings is 1. The molecule has 1 aromatic heterocycles. The van der Waals surface area contributed by atoms with Crippen LogP contribution in [0.4, 0.5) is 5.69 Å². The number of hydrogen-bond acceptors (Lipinski definition) is 8. The number of methoxy groups -OCH3 is 1. The minimum absolute atomic E-state index is 0.262. The highest BCUT2D eigenvalue weighted by atomic mass is 32.2. The Labute approximate surface area is 225 Å². The van der Waals surface area contributed by atoms with E-state index < -0.39 is 40.9 Å². The van der Waals surface area contributed by atoms with Crippen LogP contribution >= 0.6 is 11.3 Å². The molecule has 8 nitrogen and oxygen atoms in total. The van der Waals surface area contributed by atoms with E-state index in [0.29, 0.717) is 18.2 Å². The molecule has 1 atom stereocenters. The average molecular weight is 571 g/mol. The van der Waals surface area contributed by atoms with Gasteiger partial charge >= 0.3 is 5.97 Å². The van der Waals surface area contributed by atoms with Crippen LogP contribution in [0.15, 0.2) is 39.4 Å². The summed E-state index contributed by atoms with van der Waals surface area (Å²) in [6.07, 6.45) is 8.78. The van der Waals surface area contributed by atoms with E-state index in [0.717, 1.165) is 30.4 Å². The smallest absolute Gasteiger partial charge is 0.349 e. The van der Waals surface area contributed by atoms with Gasteiger partial charge in [0.1, 0.15) is 9.77 Å². The van der Waals surface area contributed by atoms with E-state index >= 15 is 0 Å². The van der Waals surface area contributed by atoms with Crippen LogP contribution < -0.4 is 10.0 Å². The molecule has 1 aliphatic rings. The molecule has 2 aromatic rings. The molecule has 0 radical (unpaired) electrons. The number of anilines is 1. The highest BCUT2D eigenvalue weighted by Crippen LogP contribution is 2.35. The third-order valence-corrected chi connectivity index (χ3v) is 11.8. The van der Waals surface area contributed by atoms with Gasteiger partial charge in [-0.15, -0.1) is 11.3 Å². The van der Waals surface area contributed by atoms with Crippen molar-refractivity contribution < 1.29 is 26.4 Å². The highest BCUT2D eigenvalue weighted by molar-refractivity contribution is 7.95. The molecule has 2 N–H and O–H groups in total. The molecule has 0 bridgehead atoms. The summed E-state index contributed by atoms with van der Waals surface area (Å²) >= 11 is 0.742. The fourth-order valence-electron chi connectivity index (χ4n) is 4.71. The van der Waals surface area contributed by atoms with Crippen LogP contribution in [0.25, 0.3) is 0 Å². The van der Waals surface area contributed by atoms with Crippen molar-refractivity contribution in [2.24, 2.45) is 5.92 Å². The van der Waals surface area contributed by atoms with E-state index in [2.05, 4.69) is 17.0 Å². The Hall–Kier alpha value is -1.95. The quantitative estimate of drug-likeness (QED) is 0.276. The first-order chi connectivity index (χ1) is 17.5. The van der Waals surface area contributed by atoms with Crippen molar-refractivity contribution in [1.82, 2.24) is 5.32 Å². The van der Waals surface area contributed by atoms with Crippen LogP contribution in [0, 0.1) is 5.92 Å². The monoisotopic (exact) mass is 570 g/mol. The van der Waals surface area contributed by atoms with Crippen molar-refractivity contribution in [3.63, 3.8) is 0 Å². The molecular formula is C26H38N2O6S3. The van der Waals surface area contributed by atoms with Gasteiger partial charge in [-0.05, 0) is 44.7 Å². The Balaban J connectivity index is 1.85. The molecule has 0 spiro atoms. The molecule has 1 fully saturated rings. The van der Waals surface area contributed by atoms with Crippen molar-refractivity contribution in [1.29, 1.82) is 0 Å². The maximum Gasteiger partial charge on any atom is 0.349 e. The van der Waals surface area contributed by atoms with Gasteiger partial charge in [-0.3, -0.25) is 4.72 Å². The third kappa shape index (κ3) is 7.34. The van der Waals surface area contributed by atoms with Gasteiger partial charge in [0.25, 0.3) is 10.0 Å². The molecule has 1 saturated carbocycles. The van der Waals surface area contributed by atoms with Crippen LogP contribution in [0.5, 0.6) is 0 Å². The maximum atomic E-state index is 13.6. The van der Waals surface area contributed by atoms with E-state index in [9.17, 15) is 21.6 Å². The molecule has 0 aliphatic heterocycles. The van der Waals surface area contributed by atoms with Crippen LogP contribution in [-0.2, 0) is 31.1 Å². The number of carbonyl (C=O) groups is 1. The van der Waals surface area contributed by atoms with Crippen LogP contribution in [0.3, 0.4) is 0 Å². The first-order valence-electron chi connectivity index (χ1n) is 12.7. The molecule has 1 heterocycles. The highest BCUT2D eigenvalue weighted by Gasteiger charge is 2.36. The van der Waals surface area contributed by atoms with E-state index in [-0.39, 0.29) is 10.9 Å². The van der Waals surface area contributed by atoms with Gasteiger partial charge in [-0.25, -0.2) is 21.6 Å². The molecular weight excluding hydrogens is 532 g/mol. The number of thiophene rings is 1. The summed E-state index contributed by atoms with van der Waals surface area (Å²) in [7, 11) is -7.29. The number of para-hydroxylation sites is 1. The van der Waals surface area contributed by atoms with Crippen molar-refractivity contribution in [2.75, 3.05) is 11.8 Å². The number of nitrogens with one attached hydrogen (secondary N) is 2. The second kappa shape index (κ2) is 12.7. The molecule has 1 aromatic carbocycles. The van der Waals surface area contributed by atoms with E-state index in [4.69, 9.17) is 4.74 Å². The van der Waals surface area contributed by atoms with Gasteiger partial charge in [0.15, 0.2) is 9.84 Å². The fraction of sp³-hybridized carbons (Fsp3) is 0.577. The lowest BCUT2D eigenvalue weighted by atomic mass is 9.93. The number of hydrogen-bond donors (Lipinski definition) is 2. The number of esters is 1. The minimum atomic E-state index is -4.44. The summed E-state index contributed by atoms with van der Waals surface area (Å²) in [5, 5.41) is 3.84. The maximum absolute atomic E-state index is 13.6. The summed E-state index contributed by atoms with van der Waals surface area (Å²) in [5.74, 6) is -0.201. The van der Waals surface area contributed by atoms with Crippen LogP contribution in [0.2, 0.25) is 0 Å². The Bertz CT molecular complexity index is 1280. The first-order valence-corrected chi connectivity index (χ1v) is 16.7. The lowest BCUT2D eigenvalue weighted by molar-refractivity contribution is 0.0602. The summed E-state index contributed by atoms with van der Waals surface area (Å²) in [6, 6.07) is 7.24. The number of ether oxygens (including phenoxy) is 1. The Kier molecular flexibility index (Phi) is 10.2. The number of rotatable bonds is 11. The predicted octanol–water partition coefficient (Wildman–Crippen LogP) is 5.36. The van der Waals surface area contributed by atoms with Gasteiger partial charge < -0.3 is 10.1 Å². The van der Waals surface area contributed by atoms with Crippen molar-refractivity contribution in [3.05, 3.63) is 40.1 Å². The van der Waals surface area contributed by atoms with E-state index in [1.54, 1.807) is 12.1 Å². The molecule has 206 valence electrons. The van der Waals surface area contributed by atoms with Crippen LogP contribution in [0.1, 0.15) is 81.0 Å². The summed E-state index contributed by atoms with van der Waals surface area (Å²) in [6.45, 7) is 5.52. The van der Waals surface area contributed by atoms with Crippen molar-refractivity contribution in [3.8, 4) is 0 Å². The van der Waals surface area contributed by atoms with Crippen molar-refractivity contribution in [2.45, 2.75) is 93.3 Å². The SMILES string of the molecule is COC(=O)c1scc(S(=O)(=O)C(C)C)c1S(=O)(=O)Nc1ccccc1CN[C@@H](C)CC1CCCCCC1. The molecule has 11 heteroatoms. The largest absolute Gasteiger partial charge is 0.465 e. The average Bonchev–Trinajstić information content (AvgIpc) is 3.17. The Morgan fingerprint density at radius 1 is 1.05 bits per heavy atom. The first kappa shape index (κ1) is 29.6. The normalized spacial score (nSPS) is 16.4. The zero-order valence-electron chi connectivity index (χ0n) is 21.9. The molecule has 0 amide bonds. The zero-order chi connectivity index (χ0) is 27.2. The lowest BCUT2D eigenvalue weighted by Crippen LogP contribution is -2.28. The molecule has 0 saturated heterocycles. The second-order valence-electron chi connectivity index (χ2n) is 9.98. The van der Waals surface area contributed by atoms with Gasteiger partial charge in [-0.2, -0.15) is 0 Å². The van der Waals surface area contributed by atoms with E-state index in [1.165, 1.54) is 57.8 Å². The van der Waals surface area contributed by atoms with Crippen molar-refractivity contribution >= 4 is 42.9 Å². The summed E-state index contributed by atoms with van der Waals surface area (Å²) in [4.78, 5) is 11.1. The third-order valence-electron chi connectivity index (χ3n) is 6.84. The number of carbonyl (C=O) groups excluding carboxylic acids is 1. The Morgan fingerprint density at radius 2 is 1.70 bits per heavy atom. The molecule has 37 heavy (non-hydrogen) atoms. The standard InChI is InChI=1S/C26H38N2O6S3/c1-18(2)36(30,31)23-17-35-24(26(29)34-4)25(23)37(32,33)28-22-14-10-9-13-21(22)16-27-19(3)15-20-11-7-5-6-8-12-20/h9-10,13-14,17-20,27-28H,5-8,11-12,15-16H2,1-4H3/t19-/m0/s1. The van der Waals surface area contributed by atoms with Gasteiger partial charge in [0, 0.05) is 18.0 Å². The molecule has 3 rings (SSSR count). The van der Waals surface area contributed by atoms with Gasteiger partial charge in [-0.1, -0.05) is 56.7 Å². The zero-order valence-corrected chi connectivity index (χ0v) is 24.4. The number of sulfone groups is 1. The van der Waals surface area contributed by atoms with Crippen LogP contribution in [-0.4, -0.2) is 41.2 Å². The van der Waals surface area contributed by atoms with Gasteiger partial charge in [0.05, 0.1) is 22.9 Å². The second-order valence-corrected chi connectivity index (χ2v) is 15.0. The van der Waals surface area contributed by atoms with E-state index in [1.807, 2.05) is 12.1 Å². The Morgan fingerprint density at radius 3 is 2.32 bits per heavy atom. The number of sulfonamides is 1. The summed E-state index contributed by atoms with van der Waals surface area (Å²) < 4.78 is 60.4. The summed E-state index contributed by atoms with van der Waals surface area (Å²) in [5.41, 5.74) is 1.05. The molecule has 1 aliphatic carbocycles. The van der Waals surface area contributed by atoms with Gasteiger partial charge in [0.2, 0.25) is 0 Å².